The van der Waals surface area contributed by atoms with E-state index in [1.165, 1.54) is 11.3 Å². The normalized spacial score (nSPS) is 12.4. The average molecular weight is 604 g/mol. The molecule has 0 fully saturated rings. The van der Waals surface area contributed by atoms with Crippen LogP contribution in [0.3, 0.4) is 0 Å². The Morgan fingerprint density at radius 3 is 2.29 bits per heavy atom. The topological polar surface area (TPSA) is 104 Å². The number of hydrogen-bond acceptors (Lipinski definition) is 8. The summed E-state index contributed by atoms with van der Waals surface area (Å²) >= 11 is 7.68. The van der Waals surface area contributed by atoms with E-state index < -0.39 is 17.7 Å². The highest BCUT2D eigenvalue weighted by Crippen LogP contribution is 2.44. The second-order valence-electron chi connectivity index (χ2n) is 10.7. The van der Waals surface area contributed by atoms with Crippen molar-refractivity contribution in [1.29, 1.82) is 0 Å². The molecule has 2 heterocycles. The third-order valence-corrected chi connectivity index (χ3v) is 7.99. The van der Waals surface area contributed by atoms with E-state index in [1.807, 2.05) is 70.2 Å². The molecule has 0 radical (unpaired) electrons. The average Bonchev–Trinajstić information content (AvgIpc) is 3.38. The first-order valence-corrected chi connectivity index (χ1v) is 14.3. The Bertz CT molecular complexity index is 1780. The van der Waals surface area contributed by atoms with E-state index in [2.05, 4.69) is 10.2 Å². The van der Waals surface area contributed by atoms with Crippen LogP contribution < -0.4 is 9.47 Å². The summed E-state index contributed by atoms with van der Waals surface area (Å²) < 4.78 is 17.8. The zero-order valence-electron chi connectivity index (χ0n) is 24.1. The molecule has 0 aliphatic carbocycles. The van der Waals surface area contributed by atoms with Gasteiger partial charge in [0.2, 0.25) is 0 Å². The Morgan fingerprint density at radius 1 is 0.952 bits per heavy atom. The van der Waals surface area contributed by atoms with Crippen molar-refractivity contribution in [3.05, 3.63) is 76.9 Å². The van der Waals surface area contributed by atoms with Crippen LogP contribution in [-0.4, -0.2) is 46.1 Å². The maximum absolute atomic E-state index is 12.6. The van der Waals surface area contributed by atoms with Gasteiger partial charge in [-0.1, -0.05) is 23.7 Å². The number of aryl methyl sites for hydroxylation is 1. The predicted octanol–water partition coefficient (Wildman–Crippen LogP) is 8.01. The maximum Gasteiger partial charge on any atom is 0.337 e. The van der Waals surface area contributed by atoms with E-state index in [1.54, 1.807) is 32.5 Å². The number of carbonyl (C=O) groups is 1. The van der Waals surface area contributed by atoms with Gasteiger partial charge in [0, 0.05) is 27.3 Å². The van der Waals surface area contributed by atoms with Gasteiger partial charge in [-0.05, 0) is 81.3 Å². The van der Waals surface area contributed by atoms with Crippen molar-refractivity contribution in [2.24, 2.45) is 0 Å². The number of aromatic nitrogens is 3. The molecule has 10 heteroatoms. The highest BCUT2D eigenvalue weighted by atomic mass is 35.5. The number of methoxy groups -OCH3 is 2. The number of halogens is 1. The summed E-state index contributed by atoms with van der Waals surface area (Å²) in [6, 6.07) is 16.8. The fourth-order valence-electron chi connectivity index (χ4n) is 4.78. The minimum Gasteiger partial charge on any atom is -0.493 e. The van der Waals surface area contributed by atoms with Gasteiger partial charge >= 0.3 is 5.97 Å². The SMILES string of the molecule is COc1ccc(-c2cc(-c3nc4cc(C)c(C(OC(C)(C)C)C(=O)O)c(-c5ccc(Cl)cc5)c4s3)cnn2)cc1OC. The molecular formula is C32H30ClN3O5S. The minimum atomic E-state index is -1.19. The van der Waals surface area contributed by atoms with Crippen molar-refractivity contribution in [2.75, 3.05) is 14.2 Å². The van der Waals surface area contributed by atoms with Crippen LogP contribution >= 0.6 is 22.9 Å². The number of carboxylic acids is 1. The molecule has 8 nitrogen and oxygen atoms in total. The molecule has 2 aromatic heterocycles. The lowest BCUT2D eigenvalue weighted by Crippen LogP contribution is -2.28. The number of fused-ring (bicyclic) bond motifs is 1. The molecule has 1 N–H and O–H groups in total. The van der Waals surface area contributed by atoms with Gasteiger partial charge in [0.15, 0.2) is 17.6 Å². The van der Waals surface area contributed by atoms with Gasteiger partial charge in [0.1, 0.15) is 5.01 Å². The lowest BCUT2D eigenvalue weighted by molar-refractivity contribution is -0.160. The molecule has 0 saturated carbocycles. The predicted molar refractivity (Wildman–Crippen MR) is 166 cm³/mol. The maximum atomic E-state index is 12.6. The van der Waals surface area contributed by atoms with Gasteiger partial charge in [0.05, 0.1) is 41.9 Å². The fourth-order valence-corrected chi connectivity index (χ4v) is 6.01. The Balaban J connectivity index is 1.70. The molecule has 0 aliphatic rings. The van der Waals surface area contributed by atoms with Crippen LogP contribution in [0, 0.1) is 6.92 Å². The standard InChI is InChI=1S/C32H30ClN3O5S/c1-17-13-23-29(27(18-7-10-21(33)11-8-18)26(17)28(31(37)38)41-32(2,3)4)42-30(35-23)20-14-22(36-34-16-20)19-9-12-24(39-5)25(15-19)40-6/h7-16,28H,1-6H3,(H,37,38). The molecule has 0 aliphatic heterocycles. The molecule has 5 aromatic rings. The third kappa shape index (κ3) is 5.94. The number of carboxylic acid groups (broad SMARTS) is 1. The molecule has 0 amide bonds. The molecule has 0 bridgehead atoms. The molecule has 0 saturated heterocycles. The summed E-state index contributed by atoms with van der Waals surface area (Å²) in [4.78, 5) is 17.6. The number of rotatable bonds is 8. The number of aliphatic carboxylic acids is 1. The number of nitrogens with zero attached hydrogens (tertiary/aromatic N) is 3. The summed E-state index contributed by atoms with van der Waals surface area (Å²) in [5.41, 5.74) is 5.21. The summed E-state index contributed by atoms with van der Waals surface area (Å²) in [6.45, 7) is 7.42. The van der Waals surface area contributed by atoms with E-state index >= 15 is 0 Å². The highest BCUT2D eigenvalue weighted by Gasteiger charge is 2.32. The third-order valence-electron chi connectivity index (χ3n) is 6.60. The molecule has 1 unspecified atom stereocenters. The largest absolute Gasteiger partial charge is 0.493 e. The van der Waals surface area contributed by atoms with Crippen LogP contribution in [0.15, 0.2) is 60.8 Å². The van der Waals surface area contributed by atoms with Gasteiger partial charge in [0.25, 0.3) is 0 Å². The first-order chi connectivity index (χ1) is 20.0. The smallest absolute Gasteiger partial charge is 0.337 e. The van der Waals surface area contributed by atoms with E-state index in [4.69, 9.17) is 30.8 Å². The van der Waals surface area contributed by atoms with Crippen molar-refractivity contribution in [3.8, 4) is 44.5 Å². The lowest BCUT2D eigenvalue weighted by atomic mass is 9.91. The van der Waals surface area contributed by atoms with Gasteiger partial charge in [-0.3, -0.25) is 0 Å². The van der Waals surface area contributed by atoms with E-state index in [0.717, 1.165) is 43.0 Å². The molecule has 0 spiro atoms. The highest BCUT2D eigenvalue weighted by molar-refractivity contribution is 7.22. The van der Waals surface area contributed by atoms with Crippen LogP contribution in [0.4, 0.5) is 0 Å². The van der Waals surface area contributed by atoms with Gasteiger partial charge in [-0.2, -0.15) is 10.2 Å². The van der Waals surface area contributed by atoms with Crippen LogP contribution in [0.2, 0.25) is 5.02 Å². The van der Waals surface area contributed by atoms with E-state index in [9.17, 15) is 9.90 Å². The number of hydrogen-bond donors (Lipinski definition) is 1. The first kappa shape index (κ1) is 29.4. The zero-order chi connectivity index (χ0) is 30.2. The zero-order valence-corrected chi connectivity index (χ0v) is 25.6. The molecule has 5 rings (SSSR count). The van der Waals surface area contributed by atoms with Crippen molar-refractivity contribution in [2.45, 2.75) is 39.4 Å². The van der Waals surface area contributed by atoms with Crippen molar-refractivity contribution in [3.63, 3.8) is 0 Å². The van der Waals surface area contributed by atoms with Crippen LogP contribution in [0.25, 0.3) is 43.2 Å². The minimum absolute atomic E-state index is 0.584. The van der Waals surface area contributed by atoms with Gasteiger partial charge in [-0.25, -0.2) is 9.78 Å². The molecule has 1 atom stereocenters. The van der Waals surface area contributed by atoms with E-state index in [-0.39, 0.29) is 0 Å². The second-order valence-corrected chi connectivity index (χ2v) is 12.1. The van der Waals surface area contributed by atoms with Crippen LogP contribution in [0.5, 0.6) is 11.5 Å². The summed E-state index contributed by atoms with van der Waals surface area (Å²) in [5, 5.41) is 20.2. The van der Waals surface area contributed by atoms with Gasteiger partial charge in [-0.15, -0.1) is 11.3 Å². The lowest BCUT2D eigenvalue weighted by Gasteiger charge is -2.28. The van der Waals surface area contributed by atoms with Crippen LogP contribution in [0.1, 0.15) is 38.0 Å². The Morgan fingerprint density at radius 2 is 1.64 bits per heavy atom. The summed E-state index contributed by atoms with van der Waals surface area (Å²) in [7, 11) is 3.17. The van der Waals surface area contributed by atoms with Crippen molar-refractivity contribution >= 4 is 39.1 Å². The quantitative estimate of drug-likeness (QED) is 0.190. The Hall–Kier alpha value is -4.05. The van der Waals surface area contributed by atoms with Crippen molar-refractivity contribution in [1.82, 2.24) is 15.2 Å². The van der Waals surface area contributed by atoms with Gasteiger partial charge < -0.3 is 19.3 Å². The molecule has 216 valence electrons. The summed E-state index contributed by atoms with van der Waals surface area (Å²) in [6.07, 6.45) is 0.477. The molecular weight excluding hydrogens is 574 g/mol. The number of benzene rings is 3. The van der Waals surface area contributed by atoms with Crippen LogP contribution in [-0.2, 0) is 9.53 Å². The van der Waals surface area contributed by atoms with Crippen molar-refractivity contribution < 1.29 is 24.1 Å². The van der Waals surface area contributed by atoms with E-state index in [0.29, 0.717) is 27.8 Å². The second kappa shape index (κ2) is 11.7. The number of ether oxygens (including phenoxy) is 3. The first-order valence-electron chi connectivity index (χ1n) is 13.1. The molecule has 42 heavy (non-hydrogen) atoms. The Kier molecular flexibility index (Phi) is 8.19. The fraction of sp³-hybridized carbons (Fsp3) is 0.250. The summed E-state index contributed by atoms with van der Waals surface area (Å²) in [5.74, 6) is 0.140. The molecule has 3 aromatic carbocycles. The number of thiazole rings is 1. The monoisotopic (exact) mass is 603 g/mol. The Labute approximate surface area is 252 Å².